The molecule has 1 N–H and O–H groups in total. The van der Waals surface area contributed by atoms with Gasteiger partial charge in [-0.1, -0.05) is 41.9 Å². The van der Waals surface area contributed by atoms with Crippen LogP contribution in [-0.2, 0) is 0 Å². The Morgan fingerprint density at radius 3 is 2.37 bits per heavy atom. The highest BCUT2D eigenvalue weighted by Gasteiger charge is 2.29. The first-order valence-corrected chi connectivity index (χ1v) is 8.90. The van der Waals surface area contributed by atoms with Gasteiger partial charge in [-0.25, -0.2) is 4.98 Å². The Morgan fingerprint density at radius 2 is 1.70 bits per heavy atom. The maximum atomic E-state index is 12.5. The number of benzene rings is 2. The van der Waals surface area contributed by atoms with Gasteiger partial charge in [0.25, 0.3) is 5.91 Å². The van der Waals surface area contributed by atoms with Crippen molar-refractivity contribution < 1.29 is 18.0 Å². The SMILES string of the molecule is O=C(Nc1ccccc1-c1ccc(SC(F)(F)F)cc1)c1cccnc1Cl. The quantitative estimate of drug-likeness (QED) is 0.409. The zero-order valence-electron chi connectivity index (χ0n) is 13.6. The zero-order valence-corrected chi connectivity index (χ0v) is 15.2. The molecule has 0 radical (unpaired) electrons. The standard InChI is InChI=1S/C19H12ClF3N2OS/c20-17-15(5-3-11-24-17)18(26)25-16-6-2-1-4-14(16)12-7-9-13(10-8-12)27-19(21,22)23/h1-11H,(H,25,26). The third-order valence-electron chi connectivity index (χ3n) is 3.58. The molecule has 1 heterocycles. The van der Waals surface area contributed by atoms with Gasteiger partial charge in [-0.05, 0) is 47.7 Å². The molecule has 1 amide bonds. The summed E-state index contributed by atoms with van der Waals surface area (Å²) in [7, 11) is 0. The Hall–Kier alpha value is -2.51. The van der Waals surface area contributed by atoms with Gasteiger partial charge in [0.2, 0.25) is 0 Å². The molecule has 2 aromatic carbocycles. The van der Waals surface area contributed by atoms with Gasteiger partial charge in [-0.15, -0.1) is 0 Å². The van der Waals surface area contributed by atoms with Crippen molar-refractivity contribution in [1.29, 1.82) is 0 Å². The highest BCUT2D eigenvalue weighted by molar-refractivity contribution is 8.00. The number of hydrogen-bond acceptors (Lipinski definition) is 3. The number of anilines is 1. The number of aromatic nitrogens is 1. The number of rotatable bonds is 4. The van der Waals surface area contributed by atoms with Crippen molar-refractivity contribution in [2.45, 2.75) is 10.4 Å². The van der Waals surface area contributed by atoms with E-state index in [1.54, 1.807) is 48.5 Å². The van der Waals surface area contributed by atoms with E-state index in [-0.39, 0.29) is 27.4 Å². The monoisotopic (exact) mass is 408 g/mol. The summed E-state index contributed by atoms with van der Waals surface area (Å²) in [5.74, 6) is -0.426. The summed E-state index contributed by atoms with van der Waals surface area (Å²) in [6.45, 7) is 0. The lowest BCUT2D eigenvalue weighted by Gasteiger charge is -2.12. The van der Waals surface area contributed by atoms with Gasteiger partial charge in [0, 0.05) is 22.3 Å². The molecule has 0 aliphatic heterocycles. The van der Waals surface area contributed by atoms with Crippen LogP contribution in [0.25, 0.3) is 11.1 Å². The van der Waals surface area contributed by atoms with E-state index in [9.17, 15) is 18.0 Å². The summed E-state index contributed by atoms with van der Waals surface area (Å²) in [5, 5.41) is 2.85. The number of nitrogens with one attached hydrogen (secondary N) is 1. The van der Waals surface area contributed by atoms with E-state index in [0.29, 0.717) is 16.8 Å². The summed E-state index contributed by atoms with van der Waals surface area (Å²) in [4.78, 5) is 16.4. The zero-order chi connectivity index (χ0) is 19.4. The number of halogens is 4. The first-order valence-electron chi connectivity index (χ1n) is 7.70. The van der Waals surface area contributed by atoms with Crippen LogP contribution in [0.5, 0.6) is 0 Å². The van der Waals surface area contributed by atoms with Crippen LogP contribution in [0.1, 0.15) is 10.4 Å². The van der Waals surface area contributed by atoms with E-state index in [4.69, 9.17) is 11.6 Å². The molecule has 0 atom stereocenters. The molecule has 138 valence electrons. The van der Waals surface area contributed by atoms with Crippen molar-refractivity contribution >= 4 is 35.0 Å². The highest BCUT2D eigenvalue weighted by Crippen LogP contribution is 2.38. The van der Waals surface area contributed by atoms with E-state index in [0.717, 1.165) is 0 Å². The van der Waals surface area contributed by atoms with Crippen LogP contribution in [0.2, 0.25) is 5.15 Å². The van der Waals surface area contributed by atoms with Crippen molar-refractivity contribution in [1.82, 2.24) is 4.98 Å². The number of carbonyl (C=O) groups is 1. The van der Waals surface area contributed by atoms with Gasteiger partial charge >= 0.3 is 5.51 Å². The van der Waals surface area contributed by atoms with Gasteiger partial charge in [0.1, 0.15) is 5.15 Å². The van der Waals surface area contributed by atoms with Gasteiger partial charge in [-0.3, -0.25) is 4.79 Å². The van der Waals surface area contributed by atoms with Crippen LogP contribution in [0.4, 0.5) is 18.9 Å². The highest BCUT2D eigenvalue weighted by atomic mass is 35.5. The Bertz CT molecular complexity index is 962. The van der Waals surface area contributed by atoms with Crippen LogP contribution in [0.15, 0.2) is 71.8 Å². The molecule has 0 bridgehead atoms. The van der Waals surface area contributed by atoms with Gasteiger partial charge < -0.3 is 5.32 Å². The summed E-state index contributed by atoms with van der Waals surface area (Å²) < 4.78 is 37.4. The molecule has 0 unspecified atom stereocenters. The second kappa shape index (κ2) is 8.02. The molecular weight excluding hydrogens is 397 g/mol. The number of pyridine rings is 1. The third kappa shape index (κ3) is 5.02. The first-order chi connectivity index (χ1) is 12.8. The van der Waals surface area contributed by atoms with E-state index in [1.807, 2.05) is 0 Å². The Kier molecular flexibility index (Phi) is 5.72. The molecule has 0 spiro atoms. The molecule has 1 aromatic heterocycles. The fourth-order valence-electron chi connectivity index (χ4n) is 2.43. The molecule has 8 heteroatoms. The van der Waals surface area contributed by atoms with Crippen molar-refractivity contribution in [3.63, 3.8) is 0 Å². The lowest BCUT2D eigenvalue weighted by molar-refractivity contribution is -0.0328. The van der Waals surface area contributed by atoms with E-state index < -0.39 is 11.4 Å². The number of carbonyl (C=O) groups excluding carboxylic acids is 1. The summed E-state index contributed by atoms with van der Waals surface area (Å²) in [5.41, 5.74) is -2.25. The molecule has 27 heavy (non-hydrogen) atoms. The van der Waals surface area contributed by atoms with Crippen molar-refractivity contribution in [2.75, 3.05) is 5.32 Å². The van der Waals surface area contributed by atoms with Crippen LogP contribution >= 0.6 is 23.4 Å². The number of nitrogens with zero attached hydrogens (tertiary/aromatic N) is 1. The molecule has 0 aliphatic carbocycles. The average molecular weight is 409 g/mol. The summed E-state index contributed by atoms with van der Waals surface area (Å²) in [6, 6.07) is 16.1. The van der Waals surface area contributed by atoms with Gasteiger partial charge in [0.15, 0.2) is 0 Å². The number of thioether (sulfide) groups is 1. The second-order valence-corrected chi connectivity index (χ2v) is 6.91. The molecule has 0 aliphatic rings. The lowest BCUT2D eigenvalue weighted by Crippen LogP contribution is -2.13. The fraction of sp³-hybridized carbons (Fsp3) is 0.0526. The minimum atomic E-state index is -4.34. The lowest BCUT2D eigenvalue weighted by atomic mass is 10.0. The molecule has 0 saturated heterocycles. The van der Waals surface area contributed by atoms with Crippen LogP contribution in [-0.4, -0.2) is 16.4 Å². The minimum absolute atomic E-state index is 0.0843. The van der Waals surface area contributed by atoms with E-state index >= 15 is 0 Å². The number of para-hydroxylation sites is 1. The molecular formula is C19H12ClF3N2OS. The Balaban J connectivity index is 1.86. The van der Waals surface area contributed by atoms with Gasteiger partial charge in [0.05, 0.1) is 5.56 Å². The first kappa shape index (κ1) is 19.3. The largest absolute Gasteiger partial charge is 0.446 e. The fourth-order valence-corrected chi connectivity index (χ4v) is 3.17. The third-order valence-corrected chi connectivity index (χ3v) is 4.62. The maximum absolute atomic E-state index is 12.5. The van der Waals surface area contributed by atoms with Crippen molar-refractivity contribution in [3.05, 3.63) is 77.6 Å². The second-order valence-electron chi connectivity index (χ2n) is 5.41. The maximum Gasteiger partial charge on any atom is 0.446 e. The Morgan fingerprint density at radius 1 is 1.00 bits per heavy atom. The van der Waals surface area contributed by atoms with Crippen LogP contribution in [0.3, 0.4) is 0 Å². The number of alkyl halides is 3. The normalized spacial score (nSPS) is 11.3. The topological polar surface area (TPSA) is 42.0 Å². The minimum Gasteiger partial charge on any atom is -0.321 e. The van der Waals surface area contributed by atoms with Crippen LogP contribution < -0.4 is 5.32 Å². The Labute approximate surface area is 162 Å². The summed E-state index contributed by atoms with van der Waals surface area (Å²) >= 11 is 5.77. The van der Waals surface area contributed by atoms with Crippen molar-refractivity contribution in [2.24, 2.45) is 0 Å². The van der Waals surface area contributed by atoms with Crippen LogP contribution in [0, 0.1) is 0 Å². The number of hydrogen-bond donors (Lipinski definition) is 1. The predicted octanol–water partition coefficient (Wildman–Crippen LogP) is 6.27. The van der Waals surface area contributed by atoms with Crippen molar-refractivity contribution in [3.8, 4) is 11.1 Å². The molecule has 3 rings (SSSR count). The van der Waals surface area contributed by atoms with E-state index in [2.05, 4.69) is 10.3 Å². The molecule has 0 saturated carbocycles. The molecule has 0 fully saturated rings. The van der Waals surface area contributed by atoms with Gasteiger partial charge in [-0.2, -0.15) is 13.2 Å². The average Bonchev–Trinajstić information content (AvgIpc) is 2.62. The number of amides is 1. The molecule has 3 nitrogen and oxygen atoms in total. The summed E-state index contributed by atoms with van der Waals surface area (Å²) in [6.07, 6.45) is 1.48. The smallest absolute Gasteiger partial charge is 0.321 e. The predicted molar refractivity (Wildman–Crippen MR) is 101 cm³/mol. The van der Waals surface area contributed by atoms with E-state index in [1.165, 1.54) is 18.3 Å². The molecule has 3 aromatic rings.